The number of halogens is 2. The van der Waals surface area contributed by atoms with Gasteiger partial charge in [-0.2, -0.15) is 8.78 Å². The van der Waals surface area contributed by atoms with E-state index in [2.05, 4.69) is 4.74 Å². The topological polar surface area (TPSA) is 43.2 Å². The van der Waals surface area contributed by atoms with E-state index in [1.54, 1.807) is 24.1 Å². The minimum Gasteiger partial charge on any atom is -0.493 e. The fourth-order valence-electron chi connectivity index (χ4n) is 2.77. The molecule has 0 heterocycles. The predicted octanol–water partition coefficient (Wildman–Crippen LogP) is 2.36. The van der Waals surface area contributed by atoms with Crippen molar-refractivity contribution >= 4 is 11.6 Å². The van der Waals surface area contributed by atoms with Gasteiger partial charge >= 0.3 is 6.61 Å². The molecule has 0 aromatic heterocycles. The molecule has 5 nitrogen and oxygen atoms in total. The van der Waals surface area contributed by atoms with Gasteiger partial charge in [0.25, 0.3) is 5.91 Å². The van der Waals surface area contributed by atoms with E-state index in [0.29, 0.717) is 6.54 Å². The molecule has 2 aromatic rings. The molecule has 0 spiro atoms. The van der Waals surface area contributed by atoms with Crippen LogP contribution in [0.15, 0.2) is 48.5 Å². The number of benzene rings is 2. The Morgan fingerprint density at radius 2 is 1.81 bits per heavy atom. The highest BCUT2D eigenvalue weighted by Gasteiger charge is 2.26. The smallest absolute Gasteiger partial charge is 0.387 e. The van der Waals surface area contributed by atoms with Crippen LogP contribution in [0.4, 0.5) is 14.5 Å². The number of amides is 1. The number of anilines is 1. The summed E-state index contributed by atoms with van der Waals surface area (Å²) in [7, 11) is 5.06. The first-order valence-electron chi connectivity index (χ1n) is 8.60. The molecule has 0 aliphatic heterocycles. The fourth-order valence-corrected chi connectivity index (χ4v) is 2.77. The number of carbonyl (C=O) groups excluding carboxylic acids is 1. The Morgan fingerprint density at radius 1 is 1.15 bits per heavy atom. The molecule has 1 unspecified atom stereocenters. The molecular weight excluding hydrogens is 354 g/mol. The molecule has 0 fully saturated rings. The molecule has 2 rings (SSSR count). The van der Waals surface area contributed by atoms with E-state index in [0.717, 1.165) is 16.2 Å². The van der Waals surface area contributed by atoms with Crippen LogP contribution in [0.25, 0.3) is 0 Å². The summed E-state index contributed by atoms with van der Waals surface area (Å²) in [6.45, 7) is -0.520. The van der Waals surface area contributed by atoms with Gasteiger partial charge in [0, 0.05) is 18.3 Å². The molecule has 2 atom stereocenters. The van der Waals surface area contributed by atoms with Crippen molar-refractivity contribution in [3.63, 3.8) is 0 Å². The van der Waals surface area contributed by atoms with Crippen LogP contribution in [0, 0.1) is 0 Å². The summed E-state index contributed by atoms with van der Waals surface area (Å²) in [5.74, 6) is 0.214. The molecule has 1 N–H and O–H groups in total. The number of methoxy groups -OCH3 is 1. The second-order valence-electron chi connectivity index (χ2n) is 6.34. The van der Waals surface area contributed by atoms with Crippen LogP contribution in [0.5, 0.6) is 11.5 Å². The van der Waals surface area contributed by atoms with Crippen molar-refractivity contribution in [2.24, 2.45) is 0 Å². The molecule has 2 aromatic carbocycles. The second kappa shape index (κ2) is 9.32. The summed E-state index contributed by atoms with van der Waals surface area (Å²) in [4.78, 5) is 15.3. The number of carbonyl (C=O) groups is 1. The van der Waals surface area contributed by atoms with Crippen LogP contribution in [-0.2, 0) is 11.3 Å². The van der Waals surface area contributed by atoms with Gasteiger partial charge in [-0.05, 0) is 37.3 Å². The number of rotatable bonds is 8. The number of para-hydroxylation sites is 1. The van der Waals surface area contributed by atoms with Gasteiger partial charge in [-0.15, -0.1) is 0 Å². The Morgan fingerprint density at radius 3 is 2.41 bits per heavy atom. The van der Waals surface area contributed by atoms with Crippen LogP contribution in [0.3, 0.4) is 0 Å². The van der Waals surface area contributed by atoms with E-state index in [9.17, 15) is 13.6 Å². The van der Waals surface area contributed by atoms with Crippen molar-refractivity contribution < 1.29 is 27.9 Å². The summed E-state index contributed by atoms with van der Waals surface area (Å²) in [6.07, 6.45) is 0. The molecule has 0 aliphatic carbocycles. The SMILES string of the molecule is COc1cc(C[NH+](C)[C@H](C)C(=O)N(C)c2ccccc2)ccc1OC(F)F. The number of ether oxygens (including phenoxy) is 2. The molecular formula is C20H25F2N2O3+. The predicted molar refractivity (Wildman–Crippen MR) is 99.5 cm³/mol. The van der Waals surface area contributed by atoms with Crippen LogP contribution in [-0.4, -0.2) is 39.8 Å². The van der Waals surface area contributed by atoms with E-state index < -0.39 is 6.61 Å². The Hall–Kier alpha value is -2.67. The van der Waals surface area contributed by atoms with Crippen molar-refractivity contribution in [2.45, 2.75) is 26.1 Å². The number of quaternary nitrogens is 1. The lowest BCUT2D eigenvalue weighted by Crippen LogP contribution is -3.12. The third kappa shape index (κ3) is 5.40. The fraction of sp³-hybridized carbons (Fsp3) is 0.350. The van der Waals surface area contributed by atoms with Crippen LogP contribution in [0.2, 0.25) is 0 Å². The van der Waals surface area contributed by atoms with Crippen LogP contribution >= 0.6 is 0 Å². The highest BCUT2D eigenvalue weighted by molar-refractivity contribution is 5.95. The van der Waals surface area contributed by atoms with Gasteiger partial charge < -0.3 is 19.3 Å². The molecule has 0 saturated heterocycles. The first kappa shape index (κ1) is 20.6. The van der Waals surface area contributed by atoms with E-state index >= 15 is 0 Å². The summed E-state index contributed by atoms with van der Waals surface area (Å²) in [5.41, 5.74) is 1.69. The zero-order valence-corrected chi connectivity index (χ0v) is 15.9. The maximum atomic E-state index is 12.8. The number of hydrogen-bond donors (Lipinski definition) is 1. The molecule has 7 heteroatoms. The molecule has 27 heavy (non-hydrogen) atoms. The summed E-state index contributed by atoms with van der Waals surface area (Å²) < 4.78 is 34.4. The highest BCUT2D eigenvalue weighted by Crippen LogP contribution is 2.29. The second-order valence-corrected chi connectivity index (χ2v) is 6.34. The number of likely N-dealkylation sites (N-methyl/N-ethyl adjacent to an activating group) is 2. The molecule has 1 amide bonds. The van der Waals surface area contributed by atoms with Gasteiger partial charge in [-0.1, -0.05) is 18.2 Å². The lowest BCUT2D eigenvalue weighted by molar-refractivity contribution is -0.908. The minimum absolute atomic E-state index is 0.0108. The van der Waals surface area contributed by atoms with Gasteiger partial charge in [0.15, 0.2) is 17.5 Å². The number of alkyl halides is 2. The standard InChI is InChI=1S/C20H24F2N2O3/c1-14(19(25)24(3)16-8-6-5-7-9-16)23(2)13-15-10-11-17(27-20(21)22)18(12-15)26-4/h5-12,14,20H,13H2,1-4H3/p+1/t14-/m1/s1. The monoisotopic (exact) mass is 379 g/mol. The van der Waals surface area contributed by atoms with Crippen molar-refractivity contribution in [2.75, 3.05) is 26.1 Å². The van der Waals surface area contributed by atoms with Gasteiger partial charge in [-0.3, -0.25) is 4.79 Å². The van der Waals surface area contributed by atoms with Crippen LogP contribution < -0.4 is 19.3 Å². The summed E-state index contributed by atoms with van der Waals surface area (Å²) in [5, 5.41) is 0. The average Bonchev–Trinajstić information content (AvgIpc) is 2.67. The van der Waals surface area contributed by atoms with Gasteiger partial charge in [0.1, 0.15) is 6.54 Å². The van der Waals surface area contributed by atoms with E-state index in [1.165, 1.54) is 13.2 Å². The first-order chi connectivity index (χ1) is 12.8. The number of hydrogen-bond acceptors (Lipinski definition) is 3. The largest absolute Gasteiger partial charge is 0.493 e. The Balaban J connectivity index is 2.07. The van der Waals surface area contributed by atoms with Gasteiger partial charge in [0.05, 0.1) is 14.2 Å². The lowest BCUT2D eigenvalue weighted by Gasteiger charge is -2.26. The average molecular weight is 379 g/mol. The molecule has 0 saturated carbocycles. The van der Waals surface area contributed by atoms with Gasteiger partial charge in [0.2, 0.25) is 0 Å². The van der Waals surface area contributed by atoms with E-state index in [1.807, 2.05) is 44.3 Å². The highest BCUT2D eigenvalue weighted by atomic mass is 19.3. The summed E-state index contributed by atoms with van der Waals surface area (Å²) in [6, 6.07) is 13.9. The molecule has 0 aliphatic rings. The van der Waals surface area contributed by atoms with Crippen molar-refractivity contribution in [3.05, 3.63) is 54.1 Å². The van der Waals surface area contributed by atoms with E-state index in [-0.39, 0.29) is 23.4 Å². The lowest BCUT2D eigenvalue weighted by atomic mass is 10.1. The van der Waals surface area contributed by atoms with Crippen molar-refractivity contribution in [1.82, 2.24) is 0 Å². The Labute approximate surface area is 158 Å². The quantitative estimate of drug-likeness (QED) is 0.766. The third-order valence-electron chi connectivity index (χ3n) is 4.51. The normalized spacial score (nSPS) is 13.1. The number of nitrogens with zero attached hydrogens (tertiary/aromatic N) is 1. The third-order valence-corrected chi connectivity index (χ3v) is 4.51. The first-order valence-corrected chi connectivity index (χ1v) is 8.60. The molecule has 0 bridgehead atoms. The Kier molecular flexibility index (Phi) is 7.12. The van der Waals surface area contributed by atoms with Gasteiger partial charge in [-0.25, -0.2) is 0 Å². The molecule has 146 valence electrons. The zero-order valence-electron chi connectivity index (χ0n) is 15.9. The molecule has 0 radical (unpaired) electrons. The zero-order chi connectivity index (χ0) is 20.0. The number of nitrogens with one attached hydrogen (secondary N) is 1. The van der Waals surface area contributed by atoms with Crippen molar-refractivity contribution in [3.8, 4) is 11.5 Å². The van der Waals surface area contributed by atoms with E-state index in [4.69, 9.17) is 4.74 Å². The Bertz CT molecular complexity index is 756. The van der Waals surface area contributed by atoms with Crippen molar-refractivity contribution in [1.29, 1.82) is 0 Å². The minimum atomic E-state index is -2.91. The maximum absolute atomic E-state index is 12.8. The maximum Gasteiger partial charge on any atom is 0.387 e. The van der Waals surface area contributed by atoms with Crippen LogP contribution in [0.1, 0.15) is 12.5 Å². The summed E-state index contributed by atoms with van der Waals surface area (Å²) >= 11 is 0.